The molecule has 51 heavy (non-hydrogen) atoms. The van der Waals surface area contributed by atoms with Crippen LogP contribution in [0.25, 0.3) is 0 Å². The Morgan fingerprint density at radius 3 is 2.16 bits per heavy atom. The number of carbonyl (C=O) groups is 7. The number of esters is 1. The second-order valence-corrected chi connectivity index (χ2v) is 14.8. The van der Waals surface area contributed by atoms with E-state index in [2.05, 4.69) is 41.1 Å². The van der Waals surface area contributed by atoms with Crippen LogP contribution in [0.4, 0.5) is 0 Å². The molecule has 0 bridgehead atoms. The maximum atomic E-state index is 13.6. The van der Waals surface area contributed by atoms with Crippen molar-refractivity contribution in [3.8, 4) is 0 Å². The molecule has 8 atom stereocenters. The minimum Gasteiger partial charge on any atom is -0.468 e. The average molecular weight is 741 g/mol. The molecule has 5 amide bonds. The maximum absolute atomic E-state index is 13.6. The van der Waals surface area contributed by atoms with Crippen molar-refractivity contribution in [2.75, 3.05) is 26.4 Å². The molecule has 0 aliphatic carbocycles. The van der Waals surface area contributed by atoms with Gasteiger partial charge in [-0.2, -0.15) is 0 Å². The fraction of sp³-hybridized carbons (Fsp3) is 0.688. The Labute approximate surface area is 298 Å². The minimum atomic E-state index is -2.60. The van der Waals surface area contributed by atoms with Crippen molar-refractivity contribution < 1.29 is 48.0 Å². The third-order valence-corrected chi connectivity index (χ3v) is 10.2. The highest BCUT2D eigenvalue weighted by Gasteiger charge is 2.36. The van der Waals surface area contributed by atoms with Gasteiger partial charge in [-0.25, -0.2) is 4.98 Å². The number of imidazole rings is 1. The number of nitrogens with zero attached hydrogens (tertiary/aromatic N) is 2. The summed E-state index contributed by atoms with van der Waals surface area (Å²) in [6, 6.07) is -6.65. The number of ether oxygens (including phenoxy) is 1. The summed E-state index contributed by atoms with van der Waals surface area (Å²) in [5.41, 5.74) is 0.392. The first kappa shape index (κ1) is 43.0. The number of hydrogen-bond donors (Lipinski definition) is 7. The zero-order valence-corrected chi connectivity index (χ0v) is 31.2. The number of aromatic nitrogens is 2. The molecule has 1 aliphatic rings. The van der Waals surface area contributed by atoms with E-state index in [4.69, 9.17) is 0 Å². The predicted molar refractivity (Wildman–Crippen MR) is 185 cm³/mol. The molecule has 1 aromatic heterocycles. The number of aromatic amines is 1. The largest absolute Gasteiger partial charge is 0.468 e. The molecule has 1 fully saturated rings. The molecular weight excluding hydrogens is 687 g/mol. The number of likely N-dealkylation sites (tertiary alicyclic amines) is 1. The first-order valence-electron chi connectivity index (χ1n) is 16.9. The molecular formula is C32H53N8O10P. The van der Waals surface area contributed by atoms with E-state index in [0.717, 1.165) is 0 Å². The lowest BCUT2D eigenvalue weighted by molar-refractivity contribution is -0.142. The lowest BCUT2D eigenvalue weighted by Crippen LogP contribution is -2.60. The molecule has 0 radical (unpaired) electrons. The standard InChI is InChI=1S/C32H53N8O10P/c1-17(2)11-23(36-31(47)26-9-8-10-40(26)21(6)43)28(44)35-24(12-22-13-33-16-34-22)29(45)37-25(14-41)30(46)38-27(20(5)42)18(3)15-51(49)39-19(4)32(48)50-7/h13,16-19,23-27,41,51H,8-12,14-15H2,1-7H3,(H,33,34)(H,35,44)(H,36,47)(H,37,45)(H,38,46)(H,39,49)/t18-,19-,23-,24-,25-,26-,27-/m0/s1. The van der Waals surface area contributed by atoms with Crippen LogP contribution in [0.15, 0.2) is 12.5 Å². The van der Waals surface area contributed by atoms with E-state index in [9.17, 15) is 43.2 Å². The lowest BCUT2D eigenvalue weighted by Gasteiger charge is -2.28. The molecule has 286 valence electrons. The molecule has 18 nitrogen and oxygen atoms in total. The molecule has 0 saturated carbocycles. The van der Waals surface area contributed by atoms with Gasteiger partial charge < -0.3 is 45.6 Å². The second kappa shape index (κ2) is 20.6. The van der Waals surface area contributed by atoms with E-state index < -0.39 is 92.1 Å². The fourth-order valence-electron chi connectivity index (χ4n) is 5.79. The average Bonchev–Trinajstić information content (AvgIpc) is 3.77. The van der Waals surface area contributed by atoms with Gasteiger partial charge in [0.2, 0.25) is 29.5 Å². The van der Waals surface area contributed by atoms with Crippen LogP contribution in [0.1, 0.15) is 66.5 Å². The van der Waals surface area contributed by atoms with Crippen molar-refractivity contribution in [1.82, 2.24) is 41.2 Å². The molecule has 1 saturated heterocycles. The number of rotatable bonds is 20. The van der Waals surface area contributed by atoms with Gasteiger partial charge in [0.25, 0.3) is 0 Å². The van der Waals surface area contributed by atoms with Crippen LogP contribution in [0, 0.1) is 11.8 Å². The van der Waals surface area contributed by atoms with Gasteiger partial charge in [0.15, 0.2) is 5.78 Å². The summed E-state index contributed by atoms with van der Waals surface area (Å²) in [4.78, 5) is 98.3. The van der Waals surface area contributed by atoms with Crippen molar-refractivity contribution in [1.29, 1.82) is 0 Å². The summed E-state index contributed by atoms with van der Waals surface area (Å²) in [7, 11) is -1.40. The molecule has 2 rings (SSSR count). The Morgan fingerprint density at radius 2 is 1.61 bits per heavy atom. The Hall–Kier alpha value is -4.15. The molecule has 1 aliphatic heterocycles. The number of H-pyrrole nitrogens is 1. The highest BCUT2D eigenvalue weighted by Crippen LogP contribution is 2.23. The van der Waals surface area contributed by atoms with E-state index in [1.165, 1.54) is 45.3 Å². The quantitative estimate of drug-likeness (QED) is 0.0614. The van der Waals surface area contributed by atoms with Crippen molar-refractivity contribution >= 4 is 49.2 Å². The Bertz CT molecular complexity index is 1410. The highest BCUT2D eigenvalue weighted by molar-refractivity contribution is 7.42. The highest BCUT2D eigenvalue weighted by atomic mass is 31.1. The molecule has 0 spiro atoms. The number of amides is 5. The molecule has 1 unspecified atom stereocenters. The van der Waals surface area contributed by atoms with E-state index in [0.29, 0.717) is 25.1 Å². The van der Waals surface area contributed by atoms with E-state index in [1.54, 1.807) is 6.92 Å². The smallest absolute Gasteiger partial charge is 0.322 e. The first-order chi connectivity index (χ1) is 24.0. The van der Waals surface area contributed by atoms with Crippen molar-refractivity contribution in [3.63, 3.8) is 0 Å². The molecule has 2 heterocycles. The molecule has 19 heteroatoms. The lowest BCUT2D eigenvalue weighted by atomic mass is 10.00. The van der Waals surface area contributed by atoms with Gasteiger partial charge in [-0.1, -0.05) is 20.8 Å². The van der Waals surface area contributed by atoms with E-state index in [1.807, 2.05) is 13.8 Å². The van der Waals surface area contributed by atoms with Crippen LogP contribution in [0.3, 0.4) is 0 Å². The van der Waals surface area contributed by atoms with Crippen LogP contribution >= 0.6 is 7.95 Å². The van der Waals surface area contributed by atoms with Crippen LogP contribution in [-0.4, -0.2) is 124 Å². The number of ketones is 1. The van der Waals surface area contributed by atoms with Crippen molar-refractivity contribution in [2.24, 2.45) is 11.8 Å². The number of hydrogen-bond acceptors (Lipinski definition) is 11. The van der Waals surface area contributed by atoms with E-state index in [-0.39, 0.29) is 30.8 Å². The van der Waals surface area contributed by atoms with Gasteiger partial charge in [0.05, 0.1) is 31.8 Å². The topological polar surface area (TPSA) is 258 Å². The Morgan fingerprint density at radius 1 is 0.980 bits per heavy atom. The molecule has 7 N–H and O–H groups in total. The molecule has 0 aromatic carbocycles. The first-order valence-corrected chi connectivity index (χ1v) is 18.5. The van der Waals surface area contributed by atoms with Crippen LogP contribution in [0.5, 0.6) is 0 Å². The molecule has 1 aromatic rings. The number of nitrogens with one attached hydrogen (secondary N) is 6. The number of Topliss-reactive ketones (excluding diaryl/α,β-unsaturated/α-hetero) is 1. The van der Waals surface area contributed by atoms with E-state index >= 15 is 0 Å². The van der Waals surface area contributed by atoms with Gasteiger partial charge in [0, 0.05) is 32.2 Å². The zero-order valence-electron chi connectivity index (χ0n) is 30.2. The Kier molecular flexibility index (Phi) is 17.4. The van der Waals surface area contributed by atoms with Crippen LogP contribution in [-0.2, 0) is 49.3 Å². The number of aliphatic hydroxyl groups excluding tert-OH is 1. The monoisotopic (exact) mass is 740 g/mol. The van der Waals surface area contributed by atoms with Crippen LogP contribution in [0.2, 0.25) is 0 Å². The number of carbonyl (C=O) groups excluding carboxylic acids is 7. The van der Waals surface area contributed by atoms with Gasteiger partial charge in [-0.15, -0.1) is 0 Å². The Balaban J connectivity index is 2.19. The third kappa shape index (κ3) is 13.5. The van der Waals surface area contributed by atoms with Crippen molar-refractivity contribution in [2.45, 2.75) is 103 Å². The summed E-state index contributed by atoms with van der Waals surface area (Å²) in [5.74, 6) is -4.98. The number of aliphatic hydroxyl groups is 1. The second-order valence-electron chi connectivity index (χ2n) is 13.2. The number of methoxy groups -OCH3 is 1. The summed E-state index contributed by atoms with van der Waals surface area (Å²) < 4.78 is 17.3. The normalized spacial score (nSPS) is 18.4. The van der Waals surface area contributed by atoms with Crippen molar-refractivity contribution in [3.05, 3.63) is 18.2 Å². The summed E-state index contributed by atoms with van der Waals surface area (Å²) in [5, 5.41) is 23.0. The van der Waals surface area contributed by atoms with Crippen LogP contribution < -0.4 is 26.4 Å². The third-order valence-electron chi connectivity index (χ3n) is 8.46. The van der Waals surface area contributed by atoms with Gasteiger partial charge in [0.1, 0.15) is 38.2 Å². The van der Waals surface area contributed by atoms with Gasteiger partial charge in [-0.3, -0.25) is 38.6 Å². The summed E-state index contributed by atoms with van der Waals surface area (Å²) in [6.07, 6.45) is 4.01. The van der Waals surface area contributed by atoms with Gasteiger partial charge in [-0.05, 0) is 44.9 Å². The maximum Gasteiger partial charge on any atom is 0.322 e. The summed E-state index contributed by atoms with van der Waals surface area (Å²) in [6.45, 7) is 8.93. The minimum absolute atomic E-state index is 0.0443. The zero-order chi connectivity index (χ0) is 38.4. The predicted octanol–water partition coefficient (Wildman–Crippen LogP) is -1.21. The SMILES string of the molecule is COC(=O)[C@H](C)N[PH](=O)C[C@H](C)[C@H](NC(=O)[C@H](CO)NC(=O)[C@H](Cc1c[nH]cn1)NC(=O)[C@H](CC(C)C)NC(=O)[C@@H]1CCCN1C(C)=O)C(C)=O. The fourth-order valence-corrected chi connectivity index (χ4v) is 7.33. The summed E-state index contributed by atoms with van der Waals surface area (Å²) >= 11 is 0. The van der Waals surface area contributed by atoms with Gasteiger partial charge >= 0.3 is 5.97 Å².